The molecule has 0 spiro atoms. The van der Waals surface area contributed by atoms with Crippen LogP contribution in [0.25, 0.3) is 10.9 Å². The van der Waals surface area contributed by atoms with Gasteiger partial charge in [-0.1, -0.05) is 18.2 Å². The Labute approximate surface area is 112 Å². The molecule has 2 aromatic heterocycles. The number of fused-ring (bicyclic) bond motifs is 1. The van der Waals surface area contributed by atoms with E-state index in [4.69, 9.17) is 5.73 Å². The summed E-state index contributed by atoms with van der Waals surface area (Å²) in [5, 5.41) is 5.46. The van der Waals surface area contributed by atoms with Gasteiger partial charge < -0.3 is 10.3 Å². The molecule has 3 aromatic rings. The molecular weight excluding hydrogens is 236 g/mol. The molecule has 2 heterocycles. The number of nitrogens with zero attached hydrogens (tertiary/aromatic N) is 3. The fourth-order valence-corrected chi connectivity index (χ4v) is 2.57. The van der Waals surface area contributed by atoms with Crippen molar-refractivity contribution in [1.82, 2.24) is 14.3 Å². The molecule has 19 heavy (non-hydrogen) atoms. The lowest BCUT2D eigenvalue weighted by Gasteiger charge is -2.09. The Bertz CT molecular complexity index is 693. The molecule has 3 rings (SSSR count). The second-order valence-corrected chi connectivity index (χ2v) is 4.76. The van der Waals surface area contributed by atoms with Crippen LogP contribution >= 0.6 is 0 Å². The van der Waals surface area contributed by atoms with Gasteiger partial charge in [0.2, 0.25) is 0 Å². The highest BCUT2D eigenvalue weighted by Crippen LogP contribution is 2.20. The maximum Gasteiger partial charge on any atom is 0.0525 e. The van der Waals surface area contributed by atoms with Gasteiger partial charge in [0.1, 0.15) is 0 Å². The normalized spacial score (nSPS) is 11.3. The van der Waals surface area contributed by atoms with Crippen molar-refractivity contribution in [3.05, 3.63) is 54.0 Å². The molecule has 2 N–H and O–H groups in total. The van der Waals surface area contributed by atoms with E-state index in [1.54, 1.807) is 0 Å². The van der Waals surface area contributed by atoms with Gasteiger partial charge in [-0.2, -0.15) is 5.10 Å². The zero-order valence-corrected chi connectivity index (χ0v) is 11.1. The van der Waals surface area contributed by atoms with Gasteiger partial charge in [-0.25, -0.2) is 0 Å². The summed E-state index contributed by atoms with van der Waals surface area (Å²) in [5.41, 5.74) is 9.53. The first-order chi connectivity index (χ1) is 9.29. The predicted molar refractivity (Wildman–Crippen MR) is 76.7 cm³/mol. The minimum absolute atomic E-state index is 0.576. The SMILES string of the molecule is Cn1nccc1CCn1ccc2cccc(CN)c21. The molecule has 98 valence electrons. The van der Waals surface area contributed by atoms with Crippen LogP contribution in [-0.2, 0) is 26.6 Å². The number of hydrogen-bond acceptors (Lipinski definition) is 2. The molecule has 0 atom stereocenters. The van der Waals surface area contributed by atoms with Crippen LogP contribution in [0.5, 0.6) is 0 Å². The van der Waals surface area contributed by atoms with Crippen molar-refractivity contribution in [2.45, 2.75) is 19.5 Å². The van der Waals surface area contributed by atoms with E-state index in [0.717, 1.165) is 13.0 Å². The van der Waals surface area contributed by atoms with Crippen molar-refractivity contribution in [2.75, 3.05) is 0 Å². The molecule has 4 nitrogen and oxygen atoms in total. The minimum atomic E-state index is 0.576. The lowest BCUT2D eigenvalue weighted by atomic mass is 10.1. The maximum absolute atomic E-state index is 5.83. The van der Waals surface area contributed by atoms with Crippen molar-refractivity contribution < 1.29 is 0 Å². The minimum Gasteiger partial charge on any atom is -0.347 e. The average molecular weight is 254 g/mol. The largest absolute Gasteiger partial charge is 0.347 e. The zero-order valence-electron chi connectivity index (χ0n) is 11.1. The summed E-state index contributed by atoms with van der Waals surface area (Å²) in [4.78, 5) is 0. The number of aromatic nitrogens is 3. The van der Waals surface area contributed by atoms with Gasteiger partial charge in [-0.05, 0) is 23.1 Å². The van der Waals surface area contributed by atoms with Crippen molar-refractivity contribution in [3.8, 4) is 0 Å². The average Bonchev–Trinajstić information content (AvgIpc) is 3.02. The molecule has 1 aromatic carbocycles. The number of nitrogens with two attached hydrogens (primary N) is 1. The van der Waals surface area contributed by atoms with Crippen molar-refractivity contribution >= 4 is 10.9 Å². The summed E-state index contributed by atoms with van der Waals surface area (Å²) in [7, 11) is 1.98. The van der Waals surface area contributed by atoms with Crippen LogP contribution < -0.4 is 5.73 Å². The molecular formula is C15H18N4. The van der Waals surface area contributed by atoms with E-state index < -0.39 is 0 Å². The van der Waals surface area contributed by atoms with E-state index in [1.807, 2.05) is 17.9 Å². The number of hydrogen-bond donors (Lipinski definition) is 1. The fourth-order valence-electron chi connectivity index (χ4n) is 2.57. The maximum atomic E-state index is 5.83. The van der Waals surface area contributed by atoms with Gasteiger partial charge in [-0.3, -0.25) is 4.68 Å². The molecule has 0 saturated carbocycles. The van der Waals surface area contributed by atoms with Crippen LogP contribution in [-0.4, -0.2) is 14.3 Å². The highest BCUT2D eigenvalue weighted by atomic mass is 15.3. The molecule has 0 saturated heterocycles. The van der Waals surface area contributed by atoms with Crippen LogP contribution in [0.4, 0.5) is 0 Å². The molecule has 0 fully saturated rings. The van der Waals surface area contributed by atoms with Crippen LogP contribution in [0.2, 0.25) is 0 Å². The van der Waals surface area contributed by atoms with E-state index in [0.29, 0.717) is 6.54 Å². The van der Waals surface area contributed by atoms with Crippen LogP contribution in [0.1, 0.15) is 11.3 Å². The second-order valence-electron chi connectivity index (χ2n) is 4.76. The number of rotatable bonds is 4. The fraction of sp³-hybridized carbons (Fsp3) is 0.267. The predicted octanol–water partition coefficient (Wildman–Crippen LogP) is 2.08. The molecule has 0 aliphatic heterocycles. The monoisotopic (exact) mass is 254 g/mol. The van der Waals surface area contributed by atoms with Gasteiger partial charge in [0, 0.05) is 44.6 Å². The van der Waals surface area contributed by atoms with E-state index in [9.17, 15) is 0 Å². The number of para-hydroxylation sites is 1. The molecule has 0 radical (unpaired) electrons. The van der Waals surface area contributed by atoms with Crippen LogP contribution in [0.3, 0.4) is 0 Å². The van der Waals surface area contributed by atoms with E-state index >= 15 is 0 Å². The molecule has 4 heteroatoms. The van der Waals surface area contributed by atoms with Gasteiger partial charge in [0.25, 0.3) is 0 Å². The standard InChI is InChI=1S/C15H18N4/c1-18-14(5-8-17-18)7-10-19-9-6-12-3-2-4-13(11-16)15(12)19/h2-6,8-9H,7,10-11,16H2,1H3. The highest BCUT2D eigenvalue weighted by molar-refractivity contribution is 5.83. The summed E-state index contributed by atoms with van der Waals surface area (Å²) in [6, 6.07) is 10.5. The van der Waals surface area contributed by atoms with Crippen molar-refractivity contribution in [1.29, 1.82) is 0 Å². The van der Waals surface area contributed by atoms with Crippen molar-refractivity contribution in [2.24, 2.45) is 12.8 Å². The van der Waals surface area contributed by atoms with Gasteiger partial charge in [-0.15, -0.1) is 0 Å². The highest BCUT2D eigenvalue weighted by Gasteiger charge is 2.06. The van der Waals surface area contributed by atoms with Crippen LogP contribution in [0.15, 0.2) is 42.7 Å². The summed E-state index contributed by atoms with van der Waals surface area (Å²) in [5.74, 6) is 0. The van der Waals surface area contributed by atoms with E-state index in [-0.39, 0.29) is 0 Å². The Morgan fingerprint density at radius 2 is 2.11 bits per heavy atom. The Kier molecular flexibility index (Phi) is 3.09. The smallest absolute Gasteiger partial charge is 0.0525 e. The van der Waals surface area contributed by atoms with Crippen LogP contribution in [0, 0.1) is 0 Å². The third-order valence-electron chi connectivity index (χ3n) is 3.62. The first kappa shape index (κ1) is 12.0. The second kappa shape index (κ2) is 4.90. The Morgan fingerprint density at radius 1 is 1.21 bits per heavy atom. The Hall–Kier alpha value is -2.07. The Balaban J connectivity index is 1.91. The third kappa shape index (κ3) is 2.15. The van der Waals surface area contributed by atoms with Gasteiger partial charge in [0.15, 0.2) is 0 Å². The summed E-state index contributed by atoms with van der Waals surface area (Å²) >= 11 is 0. The van der Waals surface area contributed by atoms with E-state index in [2.05, 4.69) is 46.2 Å². The molecule has 0 unspecified atom stereocenters. The first-order valence-electron chi connectivity index (χ1n) is 6.53. The van der Waals surface area contributed by atoms with Gasteiger partial charge in [0.05, 0.1) is 5.52 Å². The van der Waals surface area contributed by atoms with E-state index in [1.165, 1.54) is 22.2 Å². The Morgan fingerprint density at radius 3 is 2.84 bits per heavy atom. The first-order valence-corrected chi connectivity index (χ1v) is 6.53. The third-order valence-corrected chi connectivity index (χ3v) is 3.62. The number of benzene rings is 1. The summed E-state index contributed by atoms with van der Waals surface area (Å²) in [6.45, 7) is 1.52. The molecule has 0 aliphatic rings. The van der Waals surface area contributed by atoms with Gasteiger partial charge >= 0.3 is 0 Å². The quantitative estimate of drug-likeness (QED) is 0.775. The summed E-state index contributed by atoms with van der Waals surface area (Å²) in [6.07, 6.45) is 4.95. The molecule has 0 bridgehead atoms. The molecule has 0 aliphatic carbocycles. The topological polar surface area (TPSA) is 48.8 Å². The lowest BCUT2D eigenvalue weighted by molar-refractivity contribution is 0.648. The molecule has 0 amide bonds. The van der Waals surface area contributed by atoms with Crippen molar-refractivity contribution in [3.63, 3.8) is 0 Å². The number of aryl methyl sites for hydroxylation is 3. The lowest BCUT2D eigenvalue weighted by Crippen LogP contribution is -2.06. The summed E-state index contributed by atoms with van der Waals surface area (Å²) < 4.78 is 4.21. The zero-order chi connectivity index (χ0) is 13.2.